The van der Waals surface area contributed by atoms with Crippen LogP contribution in [0.5, 0.6) is 5.75 Å². The van der Waals surface area contributed by atoms with E-state index in [2.05, 4.69) is 15.9 Å². The van der Waals surface area contributed by atoms with Gasteiger partial charge >= 0.3 is 0 Å². The van der Waals surface area contributed by atoms with E-state index in [1.807, 2.05) is 13.0 Å². The maximum atomic E-state index is 12.5. The Morgan fingerprint density at radius 1 is 1.16 bits per heavy atom. The summed E-state index contributed by atoms with van der Waals surface area (Å²) in [5, 5.41) is 0.540. The molecule has 2 aromatic rings. The molecule has 0 aliphatic heterocycles. The van der Waals surface area contributed by atoms with E-state index in [0.29, 0.717) is 16.1 Å². The van der Waals surface area contributed by atoms with Crippen LogP contribution in [-0.4, -0.2) is 12.9 Å². The Kier molecular flexibility index (Phi) is 4.27. The van der Waals surface area contributed by atoms with Crippen LogP contribution in [0, 0.1) is 6.92 Å². The highest BCUT2D eigenvalue weighted by atomic mass is 79.9. The minimum absolute atomic E-state index is 0.0606. The Hall–Kier alpha value is -1.32. The molecular formula is C15H12BrClO2. The zero-order chi connectivity index (χ0) is 14.0. The molecule has 0 spiro atoms. The number of halogens is 2. The second-order valence-corrected chi connectivity index (χ2v) is 5.42. The van der Waals surface area contributed by atoms with Gasteiger partial charge in [0.25, 0.3) is 0 Å². The number of hydrogen-bond acceptors (Lipinski definition) is 2. The number of aryl methyl sites for hydroxylation is 1. The molecule has 2 nitrogen and oxygen atoms in total. The minimum Gasteiger partial charge on any atom is -0.497 e. The molecule has 4 heteroatoms. The molecule has 0 aliphatic rings. The number of hydrogen-bond donors (Lipinski definition) is 0. The van der Waals surface area contributed by atoms with Gasteiger partial charge in [0.05, 0.1) is 7.11 Å². The first-order valence-corrected chi connectivity index (χ1v) is 6.84. The number of benzene rings is 2. The van der Waals surface area contributed by atoms with E-state index in [4.69, 9.17) is 16.3 Å². The van der Waals surface area contributed by atoms with Crippen LogP contribution in [0.1, 0.15) is 21.5 Å². The molecule has 0 saturated heterocycles. The van der Waals surface area contributed by atoms with Gasteiger partial charge in [-0.25, -0.2) is 0 Å². The number of rotatable bonds is 3. The zero-order valence-corrected chi connectivity index (χ0v) is 12.9. The number of ether oxygens (including phenoxy) is 1. The quantitative estimate of drug-likeness (QED) is 0.761. The molecule has 0 aliphatic carbocycles. The average Bonchev–Trinajstić information content (AvgIpc) is 2.40. The van der Waals surface area contributed by atoms with Crippen molar-refractivity contribution in [1.29, 1.82) is 0 Å². The largest absolute Gasteiger partial charge is 0.497 e. The fourth-order valence-electron chi connectivity index (χ4n) is 1.83. The molecule has 0 atom stereocenters. The van der Waals surface area contributed by atoms with Crippen LogP contribution in [0.15, 0.2) is 40.9 Å². The van der Waals surface area contributed by atoms with Crippen molar-refractivity contribution in [3.05, 3.63) is 62.6 Å². The third-order valence-electron chi connectivity index (χ3n) is 2.85. The summed E-state index contributed by atoms with van der Waals surface area (Å²) in [7, 11) is 1.60. The Morgan fingerprint density at radius 3 is 2.53 bits per heavy atom. The van der Waals surface area contributed by atoms with Crippen LogP contribution in [0.2, 0.25) is 5.02 Å². The minimum atomic E-state index is -0.0606. The van der Waals surface area contributed by atoms with Crippen LogP contribution in [0.25, 0.3) is 0 Å². The van der Waals surface area contributed by atoms with Gasteiger partial charge in [-0.1, -0.05) is 27.5 Å². The predicted molar refractivity (Wildman–Crippen MR) is 80.3 cm³/mol. The second-order valence-electron chi connectivity index (χ2n) is 4.13. The summed E-state index contributed by atoms with van der Waals surface area (Å²) >= 11 is 9.32. The van der Waals surface area contributed by atoms with E-state index in [1.165, 1.54) is 0 Å². The third kappa shape index (κ3) is 2.99. The predicted octanol–water partition coefficient (Wildman–Crippen LogP) is 4.65. The molecule has 0 amide bonds. The van der Waals surface area contributed by atoms with E-state index >= 15 is 0 Å². The van der Waals surface area contributed by atoms with Crippen molar-refractivity contribution in [1.82, 2.24) is 0 Å². The molecule has 19 heavy (non-hydrogen) atoms. The van der Waals surface area contributed by atoms with Crippen molar-refractivity contribution in [3.63, 3.8) is 0 Å². The van der Waals surface area contributed by atoms with E-state index < -0.39 is 0 Å². The Labute approximate surface area is 125 Å². The van der Waals surface area contributed by atoms with E-state index in [1.54, 1.807) is 37.4 Å². The first kappa shape index (κ1) is 14.1. The molecular weight excluding hydrogens is 328 g/mol. The molecule has 0 saturated carbocycles. The molecule has 0 unspecified atom stereocenters. The SMILES string of the molecule is COc1ccc(C(=O)c2cc(Cl)ccc2Br)c(C)c1. The molecule has 0 radical (unpaired) electrons. The molecule has 2 aromatic carbocycles. The standard InChI is InChI=1S/C15H12BrClO2/c1-9-7-11(19-2)4-5-12(9)15(18)13-8-10(17)3-6-14(13)16/h3-8H,1-2H3. The van der Waals surface area contributed by atoms with E-state index in [9.17, 15) is 4.79 Å². The summed E-state index contributed by atoms with van der Waals surface area (Å²) in [6.07, 6.45) is 0. The normalized spacial score (nSPS) is 10.3. The Morgan fingerprint density at radius 2 is 1.89 bits per heavy atom. The summed E-state index contributed by atoms with van der Waals surface area (Å²) in [6.45, 7) is 1.88. The number of methoxy groups -OCH3 is 1. The monoisotopic (exact) mass is 338 g/mol. The van der Waals surface area contributed by atoms with Crippen LogP contribution >= 0.6 is 27.5 Å². The fraction of sp³-hybridized carbons (Fsp3) is 0.133. The van der Waals surface area contributed by atoms with E-state index in [-0.39, 0.29) is 5.78 Å². The van der Waals surface area contributed by atoms with Crippen molar-refractivity contribution in [3.8, 4) is 5.75 Å². The van der Waals surface area contributed by atoms with Crippen LogP contribution in [0.4, 0.5) is 0 Å². The highest BCUT2D eigenvalue weighted by Gasteiger charge is 2.15. The van der Waals surface area contributed by atoms with Gasteiger partial charge in [-0.05, 0) is 48.9 Å². The maximum absolute atomic E-state index is 12.5. The van der Waals surface area contributed by atoms with Crippen molar-refractivity contribution in [2.24, 2.45) is 0 Å². The summed E-state index contributed by atoms with van der Waals surface area (Å²) in [5.74, 6) is 0.675. The Bertz CT molecular complexity index is 638. The smallest absolute Gasteiger partial charge is 0.194 e. The lowest BCUT2D eigenvalue weighted by Crippen LogP contribution is -2.05. The second kappa shape index (κ2) is 5.76. The van der Waals surface area contributed by atoms with Crippen molar-refractivity contribution >= 4 is 33.3 Å². The topological polar surface area (TPSA) is 26.3 Å². The molecule has 0 bridgehead atoms. The van der Waals surface area contributed by atoms with Gasteiger partial charge in [-0.3, -0.25) is 4.79 Å². The summed E-state index contributed by atoms with van der Waals surface area (Å²) in [4.78, 5) is 12.5. The number of carbonyl (C=O) groups is 1. The van der Waals surface area contributed by atoms with Gasteiger partial charge < -0.3 is 4.74 Å². The van der Waals surface area contributed by atoms with Crippen molar-refractivity contribution < 1.29 is 9.53 Å². The van der Waals surface area contributed by atoms with Crippen molar-refractivity contribution in [2.45, 2.75) is 6.92 Å². The van der Waals surface area contributed by atoms with Crippen LogP contribution in [-0.2, 0) is 0 Å². The lowest BCUT2D eigenvalue weighted by atomic mass is 9.99. The van der Waals surface area contributed by atoms with Gasteiger partial charge in [-0.2, -0.15) is 0 Å². The molecule has 0 heterocycles. The summed E-state index contributed by atoms with van der Waals surface area (Å²) in [5.41, 5.74) is 2.07. The Balaban J connectivity index is 2.47. The maximum Gasteiger partial charge on any atom is 0.194 e. The number of carbonyl (C=O) groups excluding carboxylic acids is 1. The summed E-state index contributed by atoms with van der Waals surface area (Å²) < 4.78 is 5.87. The average molecular weight is 340 g/mol. The lowest BCUT2D eigenvalue weighted by molar-refractivity contribution is 0.103. The van der Waals surface area contributed by atoms with Gasteiger partial charge in [-0.15, -0.1) is 0 Å². The third-order valence-corrected chi connectivity index (χ3v) is 3.78. The van der Waals surface area contributed by atoms with Gasteiger partial charge in [0.2, 0.25) is 0 Å². The van der Waals surface area contributed by atoms with Crippen LogP contribution in [0.3, 0.4) is 0 Å². The fourth-order valence-corrected chi connectivity index (χ4v) is 2.43. The molecule has 98 valence electrons. The van der Waals surface area contributed by atoms with Crippen LogP contribution < -0.4 is 4.74 Å². The molecule has 0 N–H and O–H groups in total. The summed E-state index contributed by atoms with van der Waals surface area (Å²) in [6, 6.07) is 10.6. The first-order chi connectivity index (χ1) is 9.02. The van der Waals surface area contributed by atoms with Gasteiger partial charge in [0.1, 0.15) is 5.75 Å². The van der Waals surface area contributed by atoms with Gasteiger partial charge in [0, 0.05) is 20.6 Å². The highest BCUT2D eigenvalue weighted by molar-refractivity contribution is 9.10. The highest BCUT2D eigenvalue weighted by Crippen LogP contribution is 2.26. The molecule has 2 rings (SSSR count). The lowest BCUT2D eigenvalue weighted by Gasteiger charge is -2.09. The molecule has 0 aromatic heterocycles. The number of ketones is 1. The van der Waals surface area contributed by atoms with Crippen molar-refractivity contribution in [2.75, 3.05) is 7.11 Å². The van der Waals surface area contributed by atoms with Gasteiger partial charge in [0.15, 0.2) is 5.78 Å². The zero-order valence-electron chi connectivity index (χ0n) is 10.5. The molecule has 0 fully saturated rings. The van der Waals surface area contributed by atoms with E-state index in [0.717, 1.165) is 15.8 Å². The first-order valence-electron chi connectivity index (χ1n) is 5.67.